The fourth-order valence-electron chi connectivity index (χ4n) is 3.00. The van der Waals surface area contributed by atoms with Crippen molar-refractivity contribution in [1.82, 2.24) is 4.90 Å². The third kappa shape index (κ3) is 3.30. The molecule has 0 amide bonds. The van der Waals surface area contributed by atoms with Crippen molar-refractivity contribution < 1.29 is 0 Å². The summed E-state index contributed by atoms with van der Waals surface area (Å²) in [6.07, 6.45) is 1.06. The molecule has 1 aliphatic heterocycles. The Morgan fingerprint density at radius 1 is 1.32 bits per heavy atom. The maximum Gasteiger partial charge on any atom is 0.0473 e. The summed E-state index contributed by atoms with van der Waals surface area (Å²) in [4.78, 5) is 4.96. The Balaban J connectivity index is 2.23. The van der Waals surface area contributed by atoms with Gasteiger partial charge in [0.25, 0.3) is 0 Å². The molecule has 106 valence electrons. The Kier molecular flexibility index (Phi) is 4.54. The third-order valence-corrected chi connectivity index (χ3v) is 4.55. The number of nitrogens with two attached hydrogens (primary N) is 1. The molecule has 2 rings (SSSR count). The number of halogens is 1. The summed E-state index contributed by atoms with van der Waals surface area (Å²) in [5.74, 6) is 0. The summed E-state index contributed by atoms with van der Waals surface area (Å²) in [5.41, 5.74) is 7.18. The van der Waals surface area contributed by atoms with Crippen molar-refractivity contribution in [3.63, 3.8) is 0 Å². The number of benzene rings is 1. The molecular formula is C15H24BrN3. The van der Waals surface area contributed by atoms with Gasteiger partial charge in [-0.2, -0.15) is 0 Å². The minimum Gasteiger partial charge on any atom is -0.364 e. The van der Waals surface area contributed by atoms with Crippen LogP contribution in [-0.2, 0) is 0 Å². The summed E-state index contributed by atoms with van der Waals surface area (Å²) in [6, 6.07) is 9.15. The van der Waals surface area contributed by atoms with Gasteiger partial charge in [0, 0.05) is 34.8 Å². The van der Waals surface area contributed by atoms with E-state index in [1.54, 1.807) is 0 Å². The van der Waals surface area contributed by atoms with Crippen molar-refractivity contribution in [1.29, 1.82) is 0 Å². The average molecular weight is 326 g/mol. The van der Waals surface area contributed by atoms with Gasteiger partial charge in [0.05, 0.1) is 0 Å². The highest BCUT2D eigenvalue weighted by atomic mass is 79.9. The molecule has 1 fully saturated rings. The smallest absolute Gasteiger partial charge is 0.0473 e. The Morgan fingerprint density at radius 2 is 1.95 bits per heavy atom. The van der Waals surface area contributed by atoms with Gasteiger partial charge in [-0.15, -0.1) is 0 Å². The van der Waals surface area contributed by atoms with Crippen molar-refractivity contribution in [3.05, 3.63) is 28.7 Å². The van der Waals surface area contributed by atoms with Gasteiger partial charge in [0.1, 0.15) is 0 Å². The molecule has 0 spiro atoms. The summed E-state index contributed by atoms with van der Waals surface area (Å²) in [7, 11) is 2.21. The van der Waals surface area contributed by atoms with Crippen LogP contribution >= 0.6 is 15.9 Å². The van der Waals surface area contributed by atoms with Crippen LogP contribution in [-0.4, -0.2) is 43.2 Å². The topological polar surface area (TPSA) is 32.5 Å². The highest BCUT2D eigenvalue weighted by Gasteiger charge is 2.36. The fourth-order valence-corrected chi connectivity index (χ4v) is 3.27. The zero-order valence-electron chi connectivity index (χ0n) is 12.1. The lowest BCUT2D eigenvalue weighted by atomic mass is 9.94. The van der Waals surface area contributed by atoms with Crippen LogP contribution in [0, 0.1) is 0 Å². The van der Waals surface area contributed by atoms with Crippen molar-refractivity contribution in [2.75, 3.05) is 31.6 Å². The van der Waals surface area contributed by atoms with Crippen LogP contribution in [0.25, 0.3) is 0 Å². The highest BCUT2D eigenvalue weighted by Crippen LogP contribution is 2.31. The SMILES string of the molecule is CN1CC(C)(C)N(c2ccc(Br)cc2)CC1CCN. The standard InChI is InChI=1S/C15H24BrN3/c1-15(2)11-18(3)14(8-9-17)10-19(15)13-6-4-12(16)5-7-13/h4-7,14H,8-11,17H2,1-3H3. The molecule has 1 saturated heterocycles. The van der Waals surface area contributed by atoms with Gasteiger partial charge < -0.3 is 10.6 Å². The molecule has 19 heavy (non-hydrogen) atoms. The van der Waals surface area contributed by atoms with Crippen LogP contribution in [0.2, 0.25) is 0 Å². The van der Waals surface area contributed by atoms with Gasteiger partial charge in [0.15, 0.2) is 0 Å². The molecule has 0 aromatic heterocycles. The predicted molar refractivity (Wildman–Crippen MR) is 85.7 cm³/mol. The van der Waals surface area contributed by atoms with E-state index in [4.69, 9.17) is 5.73 Å². The molecule has 1 aromatic rings. The molecular weight excluding hydrogens is 302 g/mol. The number of hydrogen-bond donors (Lipinski definition) is 1. The quantitative estimate of drug-likeness (QED) is 0.927. The first-order valence-electron chi connectivity index (χ1n) is 6.87. The summed E-state index contributed by atoms with van der Waals surface area (Å²) in [6.45, 7) is 7.48. The highest BCUT2D eigenvalue weighted by molar-refractivity contribution is 9.10. The van der Waals surface area contributed by atoms with Crippen LogP contribution < -0.4 is 10.6 Å². The average Bonchev–Trinajstić information content (AvgIpc) is 2.33. The lowest BCUT2D eigenvalue weighted by molar-refractivity contribution is 0.146. The predicted octanol–water partition coefficient (Wildman–Crippen LogP) is 2.70. The molecule has 1 aliphatic rings. The van der Waals surface area contributed by atoms with Crippen LogP contribution in [0.15, 0.2) is 28.7 Å². The number of piperazine rings is 1. The van der Waals surface area contributed by atoms with Crippen molar-refractivity contribution in [2.45, 2.75) is 31.8 Å². The second-order valence-electron chi connectivity index (χ2n) is 6.05. The van der Waals surface area contributed by atoms with E-state index in [0.717, 1.165) is 30.5 Å². The Labute approximate surface area is 124 Å². The second-order valence-corrected chi connectivity index (χ2v) is 6.96. The van der Waals surface area contributed by atoms with E-state index in [9.17, 15) is 0 Å². The van der Waals surface area contributed by atoms with E-state index in [1.807, 2.05) is 0 Å². The van der Waals surface area contributed by atoms with Crippen molar-refractivity contribution in [3.8, 4) is 0 Å². The molecule has 3 nitrogen and oxygen atoms in total. The van der Waals surface area contributed by atoms with E-state index >= 15 is 0 Å². The van der Waals surface area contributed by atoms with Crippen LogP contribution in [0.1, 0.15) is 20.3 Å². The molecule has 1 atom stereocenters. The zero-order valence-corrected chi connectivity index (χ0v) is 13.7. The Bertz CT molecular complexity index is 416. The minimum absolute atomic E-state index is 0.147. The van der Waals surface area contributed by atoms with Gasteiger partial charge in [-0.25, -0.2) is 0 Å². The van der Waals surface area contributed by atoms with Crippen molar-refractivity contribution >= 4 is 21.6 Å². The summed E-state index contributed by atoms with van der Waals surface area (Å²) in [5, 5.41) is 0. The lowest BCUT2D eigenvalue weighted by Crippen LogP contribution is -2.62. The number of anilines is 1. The normalized spacial score (nSPS) is 23.6. The molecule has 0 bridgehead atoms. The van der Waals surface area contributed by atoms with E-state index in [1.165, 1.54) is 5.69 Å². The molecule has 4 heteroatoms. The molecule has 1 heterocycles. The summed E-state index contributed by atoms with van der Waals surface area (Å²) >= 11 is 3.50. The van der Waals surface area contributed by atoms with Gasteiger partial charge in [-0.05, 0) is 58.1 Å². The molecule has 0 aliphatic carbocycles. The maximum atomic E-state index is 5.74. The van der Waals surface area contributed by atoms with Crippen LogP contribution in [0.3, 0.4) is 0 Å². The van der Waals surface area contributed by atoms with Crippen LogP contribution in [0.4, 0.5) is 5.69 Å². The Morgan fingerprint density at radius 3 is 2.53 bits per heavy atom. The largest absolute Gasteiger partial charge is 0.364 e. The molecule has 1 unspecified atom stereocenters. The van der Waals surface area contributed by atoms with Gasteiger partial charge in [-0.1, -0.05) is 15.9 Å². The minimum atomic E-state index is 0.147. The first-order valence-corrected chi connectivity index (χ1v) is 7.67. The monoisotopic (exact) mass is 325 g/mol. The van der Waals surface area contributed by atoms with E-state index < -0.39 is 0 Å². The van der Waals surface area contributed by atoms with E-state index in [2.05, 4.69) is 70.9 Å². The fraction of sp³-hybridized carbons (Fsp3) is 0.600. The first-order chi connectivity index (χ1) is 8.94. The van der Waals surface area contributed by atoms with Gasteiger partial charge in [-0.3, -0.25) is 4.90 Å². The molecule has 2 N–H and O–H groups in total. The van der Waals surface area contributed by atoms with E-state index in [-0.39, 0.29) is 5.54 Å². The van der Waals surface area contributed by atoms with Gasteiger partial charge in [0.2, 0.25) is 0 Å². The molecule has 0 saturated carbocycles. The first kappa shape index (κ1) is 14.8. The number of nitrogens with zero attached hydrogens (tertiary/aromatic N) is 2. The molecule has 1 aromatic carbocycles. The Hall–Kier alpha value is -0.580. The van der Waals surface area contributed by atoms with Crippen LogP contribution in [0.5, 0.6) is 0 Å². The van der Waals surface area contributed by atoms with E-state index in [0.29, 0.717) is 6.04 Å². The third-order valence-electron chi connectivity index (χ3n) is 4.02. The van der Waals surface area contributed by atoms with Crippen molar-refractivity contribution in [2.24, 2.45) is 5.73 Å². The van der Waals surface area contributed by atoms with Gasteiger partial charge >= 0.3 is 0 Å². The number of likely N-dealkylation sites (N-methyl/N-ethyl adjacent to an activating group) is 1. The summed E-state index contributed by atoms with van der Waals surface area (Å²) < 4.78 is 1.13. The molecule has 0 radical (unpaired) electrons. The zero-order chi connectivity index (χ0) is 14.0. The number of hydrogen-bond acceptors (Lipinski definition) is 3. The number of rotatable bonds is 3. The second kappa shape index (κ2) is 5.81. The lowest BCUT2D eigenvalue weighted by Gasteiger charge is -2.51. The maximum absolute atomic E-state index is 5.74.